The van der Waals surface area contributed by atoms with Gasteiger partial charge in [-0.1, -0.05) is 18.2 Å². The number of carbonyl (C=O) groups excluding carboxylic acids is 3. The maximum absolute atomic E-state index is 13.1. The molecule has 2 aromatic carbocycles. The molecule has 168 valence electrons. The lowest BCUT2D eigenvalue weighted by atomic mass is 9.92. The fourth-order valence-electron chi connectivity index (χ4n) is 4.20. The first-order chi connectivity index (χ1) is 15.4. The van der Waals surface area contributed by atoms with Gasteiger partial charge in [0.05, 0.1) is 13.7 Å². The predicted molar refractivity (Wildman–Crippen MR) is 117 cm³/mol. The standard InChI is InChI=1S/C24H27N3O5/c1-4-32-20-8-5-16-11-12-26(14-17(16)13-20)21(28)15-27-22(29)24(2,25-23(27)30)18-6-9-19(31-3)10-7-18/h5-10,13H,4,11-12,14-15H2,1-3H3,(H,25,30). The third-order valence-electron chi connectivity index (χ3n) is 6.09. The smallest absolute Gasteiger partial charge is 0.325 e. The van der Waals surface area contributed by atoms with Crippen molar-refractivity contribution in [3.05, 3.63) is 59.2 Å². The number of benzene rings is 2. The number of fused-ring (bicyclic) bond motifs is 1. The Bertz CT molecular complexity index is 1050. The minimum atomic E-state index is -1.23. The van der Waals surface area contributed by atoms with Crippen LogP contribution in [0.3, 0.4) is 0 Å². The van der Waals surface area contributed by atoms with E-state index < -0.39 is 17.5 Å². The Morgan fingerprint density at radius 3 is 2.50 bits per heavy atom. The highest BCUT2D eigenvalue weighted by atomic mass is 16.5. The fraction of sp³-hybridized carbons (Fsp3) is 0.375. The Hall–Kier alpha value is -3.55. The van der Waals surface area contributed by atoms with E-state index in [0.717, 1.165) is 22.6 Å². The van der Waals surface area contributed by atoms with Crippen LogP contribution in [0.4, 0.5) is 4.79 Å². The molecule has 1 unspecified atom stereocenters. The maximum Gasteiger partial charge on any atom is 0.325 e. The zero-order valence-corrected chi connectivity index (χ0v) is 18.5. The zero-order valence-electron chi connectivity index (χ0n) is 18.5. The van der Waals surface area contributed by atoms with E-state index in [2.05, 4.69) is 5.32 Å². The van der Waals surface area contributed by atoms with Gasteiger partial charge in [-0.2, -0.15) is 0 Å². The number of methoxy groups -OCH3 is 1. The van der Waals surface area contributed by atoms with E-state index in [9.17, 15) is 14.4 Å². The molecule has 0 aromatic heterocycles. The molecule has 32 heavy (non-hydrogen) atoms. The molecule has 2 aromatic rings. The van der Waals surface area contributed by atoms with E-state index in [1.807, 2.05) is 25.1 Å². The molecule has 1 fully saturated rings. The number of amides is 4. The molecule has 0 saturated carbocycles. The van der Waals surface area contributed by atoms with Crippen molar-refractivity contribution in [1.29, 1.82) is 0 Å². The van der Waals surface area contributed by atoms with Crippen LogP contribution in [0, 0.1) is 0 Å². The van der Waals surface area contributed by atoms with Crippen LogP contribution in [0.2, 0.25) is 0 Å². The topological polar surface area (TPSA) is 88.2 Å². The van der Waals surface area contributed by atoms with Gasteiger partial charge >= 0.3 is 6.03 Å². The van der Waals surface area contributed by atoms with Gasteiger partial charge in [0.15, 0.2) is 0 Å². The molecule has 8 nitrogen and oxygen atoms in total. The van der Waals surface area contributed by atoms with Crippen molar-refractivity contribution in [2.24, 2.45) is 0 Å². The van der Waals surface area contributed by atoms with Gasteiger partial charge in [0.25, 0.3) is 5.91 Å². The Balaban J connectivity index is 1.47. The summed E-state index contributed by atoms with van der Waals surface area (Å²) in [6.07, 6.45) is 0.719. The molecule has 8 heteroatoms. The highest BCUT2D eigenvalue weighted by Gasteiger charge is 2.49. The van der Waals surface area contributed by atoms with Crippen molar-refractivity contribution >= 4 is 17.8 Å². The SMILES string of the molecule is CCOc1ccc2c(c1)CN(C(=O)CN1C(=O)NC(C)(c3ccc(OC)cc3)C1=O)CC2. The molecule has 1 N–H and O–H groups in total. The van der Waals surface area contributed by atoms with Crippen molar-refractivity contribution in [2.45, 2.75) is 32.4 Å². The second kappa shape index (κ2) is 8.53. The number of urea groups is 1. The van der Waals surface area contributed by atoms with Crippen molar-refractivity contribution in [1.82, 2.24) is 15.1 Å². The van der Waals surface area contributed by atoms with Crippen molar-refractivity contribution in [3.63, 3.8) is 0 Å². The molecule has 1 atom stereocenters. The summed E-state index contributed by atoms with van der Waals surface area (Å²) in [5.74, 6) is 0.709. The normalized spacial score (nSPS) is 20.1. The Morgan fingerprint density at radius 2 is 1.81 bits per heavy atom. The quantitative estimate of drug-likeness (QED) is 0.702. The molecule has 2 aliphatic rings. The number of carbonyl (C=O) groups is 3. The minimum absolute atomic E-state index is 0.264. The van der Waals surface area contributed by atoms with E-state index in [1.165, 1.54) is 5.56 Å². The molecule has 0 bridgehead atoms. The summed E-state index contributed by atoms with van der Waals surface area (Å²) in [6, 6.07) is 12.3. The Kier molecular flexibility index (Phi) is 5.78. The molecule has 4 rings (SSSR count). The van der Waals surface area contributed by atoms with Crippen LogP contribution in [0.15, 0.2) is 42.5 Å². The van der Waals surface area contributed by atoms with Crippen LogP contribution in [-0.2, 0) is 28.1 Å². The van der Waals surface area contributed by atoms with E-state index in [-0.39, 0.29) is 12.5 Å². The highest BCUT2D eigenvalue weighted by molar-refractivity contribution is 6.09. The summed E-state index contributed by atoms with van der Waals surface area (Å²) < 4.78 is 10.7. The summed E-state index contributed by atoms with van der Waals surface area (Å²) in [5, 5.41) is 2.74. The number of imide groups is 1. The lowest BCUT2D eigenvalue weighted by Gasteiger charge is -2.30. The molecule has 4 amide bonds. The van der Waals surface area contributed by atoms with Crippen molar-refractivity contribution in [3.8, 4) is 11.5 Å². The number of ether oxygens (including phenoxy) is 2. The second-order valence-electron chi connectivity index (χ2n) is 8.10. The molecular weight excluding hydrogens is 410 g/mol. The van der Waals surface area contributed by atoms with Crippen molar-refractivity contribution in [2.75, 3.05) is 26.8 Å². The van der Waals surface area contributed by atoms with E-state index in [1.54, 1.807) is 43.2 Å². The average Bonchev–Trinajstić information content (AvgIpc) is 3.02. The van der Waals surface area contributed by atoms with Crippen LogP contribution in [0.5, 0.6) is 11.5 Å². The van der Waals surface area contributed by atoms with Gasteiger partial charge in [-0.3, -0.25) is 14.5 Å². The van der Waals surface area contributed by atoms with Crippen LogP contribution in [0.25, 0.3) is 0 Å². The lowest BCUT2D eigenvalue weighted by Crippen LogP contribution is -2.45. The minimum Gasteiger partial charge on any atom is -0.497 e. The largest absolute Gasteiger partial charge is 0.497 e. The Labute approximate surface area is 187 Å². The van der Waals surface area contributed by atoms with Crippen LogP contribution in [0.1, 0.15) is 30.5 Å². The molecule has 0 radical (unpaired) electrons. The van der Waals surface area contributed by atoms with Gasteiger partial charge in [-0.15, -0.1) is 0 Å². The first-order valence-electron chi connectivity index (χ1n) is 10.7. The molecule has 0 spiro atoms. The number of nitrogens with zero attached hydrogens (tertiary/aromatic N) is 2. The van der Waals surface area contributed by atoms with Gasteiger partial charge < -0.3 is 19.7 Å². The third kappa shape index (κ3) is 3.88. The molecule has 2 aliphatic heterocycles. The summed E-state index contributed by atoms with van der Waals surface area (Å²) in [5.41, 5.74) is 1.60. The summed E-state index contributed by atoms with van der Waals surface area (Å²) in [7, 11) is 1.56. The van der Waals surface area contributed by atoms with Crippen LogP contribution < -0.4 is 14.8 Å². The summed E-state index contributed by atoms with van der Waals surface area (Å²) >= 11 is 0. The van der Waals surface area contributed by atoms with E-state index in [4.69, 9.17) is 9.47 Å². The molecule has 2 heterocycles. The summed E-state index contributed by atoms with van der Waals surface area (Å²) in [6.45, 7) is 4.81. The maximum atomic E-state index is 13.1. The first kappa shape index (κ1) is 21.7. The monoisotopic (exact) mass is 437 g/mol. The van der Waals surface area contributed by atoms with Gasteiger partial charge in [0.1, 0.15) is 23.6 Å². The van der Waals surface area contributed by atoms with Gasteiger partial charge in [0, 0.05) is 13.1 Å². The third-order valence-corrected chi connectivity index (χ3v) is 6.09. The lowest BCUT2D eigenvalue weighted by molar-refractivity contribution is -0.139. The first-order valence-corrected chi connectivity index (χ1v) is 10.7. The number of hydrogen-bond acceptors (Lipinski definition) is 5. The predicted octanol–water partition coefficient (Wildman–Crippen LogP) is 2.45. The van der Waals surface area contributed by atoms with Crippen molar-refractivity contribution < 1.29 is 23.9 Å². The molecular formula is C24H27N3O5. The molecule has 1 saturated heterocycles. The van der Waals surface area contributed by atoms with E-state index in [0.29, 0.717) is 31.0 Å². The van der Waals surface area contributed by atoms with Crippen LogP contribution in [-0.4, -0.2) is 54.5 Å². The number of rotatable bonds is 6. The number of hydrogen-bond donors (Lipinski definition) is 1. The fourth-order valence-corrected chi connectivity index (χ4v) is 4.20. The van der Waals surface area contributed by atoms with Crippen LogP contribution >= 0.6 is 0 Å². The van der Waals surface area contributed by atoms with E-state index >= 15 is 0 Å². The average molecular weight is 437 g/mol. The van der Waals surface area contributed by atoms with Gasteiger partial charge in [0.2, 0.25) is 5.91 Å². The Morgan fingerprint density at radius 1 is 1.09 bits per heavy atom. The van der Waals surface area contributed by atoms with Gasteiger partial charge in [-0.25, -0.2) is 4.79 Å². The highest BCUT2D eigenvalue weighted by Crippen LogP contribution is 2.30. The zero-order chi connectivity index (χ0) is 22.9. The molecule has 0 aliphatic carbocycles. The van der Waals surface area contributed by atoms with Gasteiger partial charge in [-0.05, 0) is 61.2 Å². The second-order valence-corrected chi connectivity index (χ2v) is 8.10. The number of nitrogens with one attached hydrogen (secondary N) is 1. The summed E-state index contributed by atoms with van der Waals surface area (Å²) in [4.78, 5) is 41.4.